The number of aromatic nitrogens is 1. The molecule has 0 bridgehead atoms. The Balaban J connectivity index is 2.39. The second kappa shape index (κ2) is 5.36. The van der Waals surface area contributed by atoms with Gasteiger partial charge in [-0.05, 0) is 43.5 Å². The molecule has 5 nitrogen and oxygen atoms in total. The van der Waals surface area contributed by atoms with Crippen molar-refractivity contribution in [3.8, 4) is 5.75 Å². The molecule has 1 aromatic heterocycles. The Hall–Kier alpha value is -2.30. The van der Waals surface area contributed by atoms with E-state index in [-0.39, 0.29) is 5.69 Å². The Labute approximate surface area is 117 Å². The van der Waals surface area contributed by atoms with Crippen LogP contribution in [0.1, 0.15) is 22.4 Å². The summed E-state index contributed by atoms with van der Waals surface area (Å²) >= 11 is 0. The molecule has 106 valence electrons. The van der Waals surface area contributed by atoms with Crippen LogP contribution in [0.4, 0.5) is 5.69 Å². The van der Waals surface area contributed by atoms with Crippen molar-refractivity contribution in [1.29, 1.82) is 0 Å². The van der Waals surface area contributed by atoms with Crippen LogP contribution < -0.4 is 4.74 Å². The highest BCUT2D eigenvalue weighted by Crippen LogP contribution is 2.24. The van der Waals surface area contributed by atoms with Gasteiger partial charge in [-0.3, -0.25) is 10.1 Å². The third-order valence-corrected chi connectivity index (χ3v) is 3.67. The number of benzene rings is 1. The van der Waals surface area contributed by atoms with Crippen LogP contribution in [0.3, 0.4) is 0 Å². The third kappa shape index (κ3) is 2.66. The quantitative estimate of drug-likeness (QED) is 0.634. The van der Waals surface area contributed by atoms with Gasteiger partial charge in [0, 0.05) is 24.5 Å². The fraction of sp³-hybridized carbons (Fsp3) is 0.333. The second-order valence-corrected chi connectivity index (χ2v) is 4.95. The van der Waals surface area contributed by atoms with E-state index in [4.69, 9.17) is 4.74 Å². The van der Waals surface area contributed by atoms with Crippen LogP contribution in [0.15, 0.2) is 24.4 Å². The lowest BCUT2D eigenvalue weighted by molar-refractivity contribution is -0.385. The maximum atomic E-state index is 10.9. The number of rotatable bonds is 4. The number of hydrogen-bond acceptors (Lipinski definition) is 3. The van der Waals surface area contributed by atoms with E-state index >= 15 is 0 Å². The minimum atomic E-state index is -0.398. The summed E-state index contributed by atoms with van der Waals surface area (Å²) < 4.78 is 7.23. The molecule has 0 aliphatic rings. The van der Waals surface area contributed by atoms with E-state index in [1.54, 1.807) is 6.07 Å². The molecule has 0 unspecified atom stereocenters. The Kier molecular flexibility index (Phi) is 3.79. The normalized spacial score (nSPS) is 10.6. The maximum Gasteiger partial charge on any atom is 0.273 e. The minimum Gasteiger partial charge on any atom is -0.496 e. The first-order valence-corrected chi connectivity index (χ1v) is 6.37. The van der Waals surface area contributed by atoms with Crippen molar-refractivity contribution in [2.24, 2.45) is 0 Å². The number of nitro benzene ring substituents is 1. The van der Waals surface area contributed by atoms with Gasteiger partial charge >= 0.3 is 0 Å². The van der Waals surface area contributed by atoms with Crippen LogP contribution in [0.25, 0.3) is 0 Å². The first kappa shape index (κ1) is 14.1. The largest absolute Gasteiger partial charge is 0.496 e. The molecule has 5 heteroatoms. The Morgan fingerprint density at radius 3 is 2.45 bits per heavy atom. The summed E-state index contributed by atoms with van der Waals surface area (Å²) in [5.41, 5.74) is 4.56. The molecular weight excluding hydrogens is 256 g/mol. The predicted octanol–water partition coefficient (Wildman–Crippen LogP) is 3.38. The molecule has 1 aromatic carbocycles. The molecule has 0 amide bonds. The average Bonchev–Trinajstić information content (AvgIpc) is 2.66. The fourth-order valence-electron chi connectivity index (χ4n) is 2.25. The Bertz CT molecular complexity index is 659. The molecule has 0 saturated heterocycles. The number of nitrogens with zero attached hydrogens (tertiary/aromatic N) is 2. The van der Waals surface area contributed by atoms with Gasteiger partial charge < -0.3 is 9.30 Å². The fourth-order valence-corrected chi connectivity index (χ4v) is 2.25. The lowest BCUT2D eigenvalue weighted by atomic mass is 10.2. The number of hydrogen-bond donors (Lipinski definition) is 0. The molecule has 0 spiro atoms. The van der Waals surface area contributed by atoms with Gasteiger partial charge in [0.15, 0.2) is 0 Å². The SMILES string of the molecule is COc1cc(Cn2cc(C)c(C)c2C)cc([N+](=O)[O-])c1. The van der Waals surface area contributed by atoms with Gasteiger partial charge in [0.1, 0.15) is 5.75 Å². The summed E-state index contributed by atoms with van der Waals surface area (Å²) in [5.74, 6) is 0.507. The van der Waals surface area contributed by atoms with Gasteiger partial charge in [-0.1, -0.05) is 0 Å². The van der Waals surface area contributed by atoms with Gasteiger partial charge in [0.25, 0.3) is 5.69 Å². The average molecular weight is 274 g/mol. The summed E-state index contributed by atoms with van der Waals surface area (Å²) in [7, 11) is 1.51. The van der Waals surface area contributed by atoms with Crippen molar-refractivity contribution in [1.82, 2.24) is 4.57 Å². The highest BCUT2D eigenvalue weighted by Gasteiger charge is 2.12. The topological polar surface area (TPSA) is 57.3 Å². The van der Waals surface area contributed by atoms with Crippen molar-refractivity contribution in [3.05, 3.63) is 56.9 Å². The van der Waals surface area contributed by atoms with Crippen LogP contribution in [-0.4, -0.2) is 16.6 Å². The molecular formula is C15H18N2O3. The van der Waals surface area contributed by atoms with E-state index in [1.165, 1.54) is 30.0 Å². The zero-order valence-corrected chi connectivity index (χ0v) is 12.1. The van der Waals surface area contributed by atoms with E-state index in [1.807, 2.05) is 6.07 Å². The summed E-state index contributed by atoms with van der Waals surface area (Å²) in [6.45, 7) is 6.79. The number of ether oxygens (including phenoxy) is 1. The first-order valence-electron chi connectivity index (χ1n) is 6.37. The molecule has 2 rings (SSSR count). The molecule has 0 atom stereocenters. The number of aryl methyl sites for hydroxylation is 1. The van der Waals surface area contributed by atoms with Crippen molar-refractivity contribution in [2.75, 3.05) is 7.11 Å². The van der Waals surface area contributed by atoms with E-state index in [2.05, 4.69) is 31.5 Å². The Morgan fingerprint density at radius 2 is 1.95 bits per heavy atom. The van der Waals surface area contributed by atoms with Crippen molar-refractivity contribution in [2.45, 2.75) is 27.3 Å². The lowest BCUT2D eigenvalue weighted by Crippen LogP contribution is -2.02. The zero-order valence-electron chi connectivity index (χ0n) is 12.1. The molecule has 0 aliphatic carbocycles. The van der Waals surface area contributed by atoms with Gasteiger partial charge in [0.2, 0.25) is 0 Å². The van der Waals surface area contributed by atoms with E-state index in [0.717, 1.165) is 5.56 Å². The minimum absolute atomic E-state index is 0.0533. The molecule has 0 radical (unpaired) electrons. The van der Waals surface area contributed by atoms with Crippen LogP contribution in [0, 0.1) is 30.9 Å². The molecule has 0 aliphatic heterocycles. The van der Waals surface area contributed by atoms with Crippen molar-refractivity contribution >= 4 is 5.69 Å². The maximum absolute atomic E-state index is 10.9. The second-order valence-electron chi connectivity index (χ2n) is 4.95. The smallest absolute Gasteiger partial charge is 0.273 e. The standard InChI is InChI=1S/C15H18N2O3/c1-10-8-16(12(3)11(10)2)9-13-5-14(17(18)19)7-15(6-13)20-4/h5-8H,9H2,1-4H3. The van der Waals surface area contributed by atoms with Crippen molar-refractivity contribution < 1.29 is 9.66 Å². The summed E-state index contributed by atoms with van der Waals surface area (Å²) in [6, 6.07) is 4.85. The van der Waals surface area contributed by atoms with Gasteiger partial charge in [-0.2, -0.15) is 0 Å². The zero-order chi connectivity index (χ0) is 14.9. The van der Waals surface area contributed by atoms with Gasteiger partial charge in [0.05, 0.1) is 18.1 Å². The van der Waals surface area contributed by atoms with Crippen LogP contribution in [-0.2, 0) is 6.54 Å². The number of nitro groups is 1. The van der Waals surface area contributed by atoms with Gasteiger partial charge in [-0.25, -0.2) is 0 Å². The lowest BCUT2D eigenvalue weighted by Gasteiger charge is -2.08. The summed E-state index contributed by atoms with van der Waals surface area (Å²) in [6.07, 6.45) is 2.07. The van der Waals surface area contributed by atoms with E-state index in [0.29, 0.717) is 12.3 Å². The molecule has 0 fully saturated rings. The van der Waals surface area contributed by atoms with Crippen LogP contribution in [0.2, 0.25) is 0 Å². The predicted molar refractivity (Wildman–Crippen MR) is 77.4 cm³/mol. The monoisotopic (exact) mass is 274 g/mol. The molecule has 0 saturated carbocycles. The summed E-state index contributed by atoms with van der Waals surface area (Å²) in [5, 5.41) is 10.9. The van der Waals surface area contributed by atoms with E-state index in [9.17, 15) is 10.1 Å². The third-order valence-electron chi connectivity index (χ3n) is 3.67. The molecule has 1 heterocycles. The summed E-state index contributed by atoms with van der Waals surface area (Å²) in [4.78, 5) is 10.5. The number of methoxy groups -OCH3 is 1. The van der Waals surface area contributed by atoms with Crippen LogP contribution >= 0.6 is 0 Å². The highest BCUT2D eigenvalue weighted by atomic mass is 16.6. The van der Waals surface area contributed by atoms with Gasteiger partial charge in [-0.15, -0.1) is 0 Å². The van der Waals surface area contributed by atoms with Crippen molar-refractivity contribution in [3.63, 3.8) is 0 Å². The molecule has 2 aromatic rings. The van der Waals surface area contributed by atoms with Crippen LogP contribution in [0.5, 0.6) is 5.75 Å². The Morgan fingerprint density at radius 1 is 1.25 bits per heavy atom. The first-order chi connectivity index (χ1) is 9.42. The highest BCUT2D eigenvalue weighted by molar-refractivity contribution is 5.43. The van der Waals surface area contributed by atoms with E-state index < -0.39 is 4.92 Å². The molecule has 20 heavy (non-hydrogen) atoms. The number of non-ortho nitro benzene ring substituents is 1. The molecule has 0 N–H and O–H groups in total.